The molecule has 3 rings (SSSR count). The van der Waals surface area contributed by atoms with Crippen molar-refractivity contribution in [2.45, 2.75) is 19.4 Å². The molecule has 1 atom stereocenters. The first kappa shape index (κ1) is 19.8. The number of esters is 1. The Balaban J connectivity index is 1.95. The van der Waals surface area contributed by atoms with Gasteiger partial charge in [0.1, 0.15) is 35.4 Å². The molecule has 2 N–H and O–H groups in total. The Hall–Kier alpha value is -3.94. The lowest BCUT2D eigenvalue weighted by Gasteiger charge is -2.31. The lowest BCUT2D eigenvalue weighted by atomic mass is 9.80. The van der Waals surface area contributed by atoms with Crippen molar-refractivity contribution >= 4 is 23.8 Å². The third-order valence-electron chi connectivity index (χ3n) is 4.50. The number of hydrogen-bond acceptors (Lipinski definition) is 8. The van der Waals surface area contributed by atoms with Crippen LogP contribution in [0.3, 0.4) is 0 Å². The number of carbonyl (C=O) groups excluding carboxylic acids is 4. The van der Waals surface area contributed by atoms with E-state index in [0.717, 1.165) is 25.3 Å². The Morgan fingerprint density at radius 3 is 2.59 bits per heavy atom. The SMILES string of the molecule is Cc1cc(O)cc(O)c1C(=O)OC1(C)C(=O)C=C2C=C(C=CC=O)OC=C2C1=O. The van der Waals surface area contributed by atoms with Gasteiger partial charge in [-0.2, -0.15) is 0 Å². The summed E-state index contributed by atoms with van der Waals surface area (Å²) in [6.07, 6.45) is 6.76. The number of rotatable bonds is 4. The maximum atomic E-state index is 12.9. The van der Waals surface area contributed by atoms with Gasteiger partial charge in [-0.1, -0.05) is 0 Å². The van der Waals surface area contributed by atoms with Crippen molar-refractivity contribution in [2.24, 2.45) is 0 Å². The summed E-state index contributed by atoms with van der Waals surface area (Å²) in [6, 6.07) is 2.18. The van der Waals surface area contributed by atoms with Gasteiger partial charge >= 0.3 is 5.97 Å². The molecule has 0 saturated heterocycles. The van der Waals surface area contributed by atoms with Gasteiger partial charge in [0.2, 0.25) is 17.2 Å². The average Bonchev–Trinajstić information content (AvgIpc) is 2.64. The fourth-order valence-electron chi connectivity index (χ4n) is 2.98. The first-order valence-electron chi connectivity index (χ1n) is 8.45. The van der Waals surface area contributed by atoms with Gasteiger partial charge in [-0.25, -0.2) is 4.79 Å². The standard InChI is InChI=1S/C21H16O8/c1-11-6-13(23)9-16(24)18(11)20(27)29-21(2)17(25)8-12-7-14(4-3-5-22)28-10-15(12)19(21)26/h3-10,23-24H,1-2H3. The summed E-state index contributed by atoms with van der Waals surface area (Å²) in [6.45, 7) is 2.61. The van der Waals surface area contributed by atoms with E-state index in [0.29, 0.717) is 6.29 Å². The van der Waals surface area contributed by atoms with E-state index < -0.39 is 28.9 Å². The number of fused-ring (bicyclic) bond motifs is 1. The largest absolute Gasteiger partial charge is 0.508 e. The second kappa shape index (κ2) is 7.23. The fraction of sp³-hybridized carbons (Fsp3) is 0.143. The molecule has 1 aromatic rings. The minimum Gasteiger partial charge on any atom is -0.508 e. The number of ketones is 2. The third kappa shape index (κ3) is 3.47. The van der Waals surface area contributed by atoms with Crippen LogP contribution >= 0.6 is 0 Å². The van der Waals surface area contributed by atoms with E-state index in [2.05, 4.69) is 0 Å². The molecule has 0 amide bonds. The molecule has 148 valence electrons. The zero-order chi connectivity index (χ0) is 21.3. The highest BCUT2D eigenvalue weighted by Crippen LogP contribution is 2.35. The molecule has 0 fully saturated rings. The number of phenols is 2. The molecule has 29 heavy (non-hydrogen) atoms. The first-order valence-corrected chi connectivity index (χ1v) is 8.45. The Morgan fingerprint density at radius 1 is 1.21 bits per heavy atom. The smallest absolute Gasteiger partial charge is 0.343 e. The van der Waals surface area contributed by atoms with E-state index in [4.69, 9.17) is 9.47 Å². The molecule has 0 bridgehead atoms. The summed E-state index contributed by atoms with van der Waals surface area (Å²) in [5, 5.41) is 19.4. The molecule has 1 aliphatic carbocycles. The predicted octanol–water partition coefficient (Wildman–Crippen LogP) is 1.95. The van der Waals surface area contributed by atoms with Gasteiger partial charge < -0.3 is 19.7 Å². The van der Waals surface area contributed by atoms with E-state index in [1.54, 1.807) is 0 Å². The Kier molecular flexibility index (Phi) is 4.94. The summed E-state index contributed by atoms with van der Waals surface area (Å²) >= 11 is 0. The zero-order valence-electron chi connectivity index (χ0n) is 15.5. The third-order valence-corrected chi connectivity index (χ3v) is 4.50. The van der Waals surface area contributed by atoms with Crippen LogP contribution in [0.5, 0.6) is 11.5 Å². The lowest BCUT2D eigenvalue weighted by Crippen LogP contribution is -2.50. The molecule has 8 nitrogen and oxygen atoms in total. The number of aromatic hydroxyl groups is 2. The highest BCUT2D eigenvalue weighted by molar-refractivity contribution is 6.26. The first-order chi connectivity index (χ1) is 13.7. The van der Waals surface area contributed by atoms with Gasteiger partial charge in [0.05, 0.1) is 5.57 Å². The number of phenolic OH excluding ortho intramolecular Hbond substituents is 2. The van der Waals surface area contributed by atoms with E-state index in [1.165, 1.54) is 31.2 Å². The number of aryl methyl sites for hydroxylation is 1. The van der Waals surface area contributed by atoms with Crippen LogP contribution < -0.4 is 0 Å². The van der Waals surface area contributed by atoms with Crippen LogP contribution in [0.1, 0.15) is 22.8 Å². The number of aldehydes is 1. The summed E-state index contributed by atoms with van der Waals surface area (Å²) in [4.78, 5) is 48.6. The maximum Gasteiger partial charge on any atom is 0.343 e. The highest BCUT2D eigenvalue weighted by atomic mass is 16.6. The van der Waals surface area contributed by atoms with E-state index in [-0.39, 0.29) is 33.8 Å². The van der Waals surface area contributed by atoms with Crippen LogP contribution in [-0.2, 0) is 23.9 Å². The van der Waals surface area contributed by atoms with Crippen molar-refractivity contribution in [1.82, 2.24) is 0 Å². The number of benzene rings is 1. The lowest BCUT2D eigenvalue weighted by molar-refractivity contribution is -0.145. The molecule has 1 heterocycles. The van der Waals surface area contributed by atoms with Gasteiger partial charge in [0.25, 0.3) is 0 Å². The molecule has 0 spiro atoms. The predicted molar refractivity (Wildman–Crippen MR) is 98.9 cm³/mol. The van der Waals surface area contributed by atoms with Crippen LogP contribution in [0.25, 0.3) is 0 Å². The average molecular weight is 396 g/mol. The van der Waals surface area contributed by atoms with Gasteiger partial charge in [0.15, 0.2) is 0 Å². The summed E-state index contributed by atoms with van der Waals surface area (Å²) in [7, 11) is 0. The number of allylic oxidation sites excluding steroid dienone is 4. The molecule has 8 heteroatoms. The molecule has 0 aromatic heterocycles. The number of carbonyl (C=O) groups is 4. The van der Waals surface area contributed by atoms with Crippen LogP contribution in [-0.4, -0.2) is 39.6 Å². The second-order valence-corrected chi connectivity index (χ2v) is 6.56. The second-order valence-electron chi connectivity index (χ2n) is 6.56. The summed E-state index contributed by atoms with van der Waals surface area (Å²) in [5.41, 5.74) is -1.94. The Bertz CT molecular complexity index is 1050. The Labute approximate surface area is 165 Å². The minimum absolute atomic E-state index is 0.0230. The van der Waals surface area contributed by atoms with Gasteiger partial charge in [-0.15, -0.1) is 0 Å². The Morgan fingerprint density at radius 2 is 1.93 bits per heavy atom. The van der Waals surface area contributed by atoms with Crippen molar-refractivity contribution in [1.29, 1.82) is 0 Å². The highest BCUT2D eigenvalue weighted by Gasteiger charge is 2.49. The van der Waals surface area contributed by atoms with Gasteiger partial charge in [0, 0.05) is 6.07 Å². The zero-order valence-corrected chi connectivity index (χ0v) is 15.5. The van der Waals surface area contributed by atoms with Crippen LogP contribution in [0, 0.1) is 6.92 Å². The van der Waals surface area contributed by atoms with Crippen molar-refractivity contribution in [3.63, 3.8) is 0 Å². The minimum atomic E-state index is -2.16. The maximum absolute atomic E-state index is 12.9. The topological polar surface area (TPSA) is 127 Å². The monoisotopic (exact) mass is 396 g/mol. The van der Waals surface area contributed by atoms with Crippen molar-refractivity contribution in [2.75, 3.05) is 0 Å². The van der Waals surface area contributed by atoms with E-state index in [1.807, 2.05) is 0 Å². The van der Waals surface area contributed by atoms with E-state index in [9.17, 15) is 29.4 Å². The molecular weight excluding hydrogens is 380 g/mol. The fourth-order valence-corrected chi connectivity index (χ4v) is 2.98. The van der Waals surface area contributed by atoms with Crippen LogP contribution in [0.2, 0.25) is 0 Å². The van der Waals surface area contributed by atoms with Crippen molar-refractivity contribution < 1.29 is 38.9 Å². The molecule has 0 saturated carbocycles. The molecule has 1 aliphatic heterocycles. The van der Waals surface area contributed by atoms with Crippen LogP contribution in [0.4, 0.5) is 0 Å². The number of hydrogen-bond donors (Lipinski definition) is 2. The molecule has 2 aliphatic rings. The van der Waals surface area contributed by atoms with Gasteiger partial charge in [-0.05, 0) is 55.4 Å². The van der Waals surface area contributed by atoms with Crippen molar-refractivity contribution in [3.8, 4) is 11.5 Å². The number of ether oxygens (including phenoxy) is 2. The number of Topliss-reactive ketones (excluding diaryl/α,β-unsaturated/α-hetero) is 1. The van der Waals surface area contributed by atoms with Gasteiger partial charge in [-0.3, -0.25) is 14.4 Å². The quantitative estimate of drug-likeness (QED) is 0.342. The normalized spacial score (nSPS) is 21.0. The molecule has 0 radical (unpaired) electrons. The van der Waals surface area contributed by atoms with Crippen LogP contribution in [0.15, 0.2) is 59.6 Å². The summed E-state index contributed by atoms with van der Waals surface area (Å²) < 4.78 is 10.5. The summed E-state index contributed by atoms with van der Waals surface area (Å²) in [5.74, 6) is -3.20. The molecule has 1 aromatic carbocycles. The van der Waals surface area contributed by atoms with E-state index >= 15 is 0 Å². The van der Waals surface area contributed by atoms with Crippen molar-refractivity contribution in [3.05, 3.63) is 70.7 Å². The molecule has 1 unspecified atom stereocenters. The molecular formula is C21H16O8.